The topological polar surface area (TPSA) is 48.5 Å². The Balaban J connectivity index is 2.49. The molecule has 1 unspecified atom stereocenters. The van der Waals surface area contributed by atoms with E-state index < -0.39 is 28.5 Å². The number of hydrogen-bond donors (Lipinski definition) is 1. The summed E-state index contributed by atoms with van der Waals surface area (Å²) in [6.07, 6.45) is -2.90. The Bertz CT molecular complexity index is 798. The van der Waals surface area contributed by atoms with E-state index in [1.54, 1.807) is 37.3 Å². The molecular formula is C16H17F4N3OS. The van der Waals surface area contributed by atoms with Gasteiger partial charge in [0.05, 0.1) is 16.5 Å². The molecule has 0 aliphatic heterocycles. The monoisotopic (exact) mass is 375 g/mol. The van der Waals surface area contributed by atoms with Crippen molar-refractivity contribution in [3.63, 3.8) is 0 Å². The average Bonchev–Trinajstić information content (AvgIpc) is 2.97. The van der Waals surface area contributed by atoms with Crippen molar-refractivity contribution < 1.29 is 21.8 Å². The minimum absolute atomic E-state index is 0.0814. The van der Waals surface area contributed by atoms with Crippen molar-refractivity contribution in [2.75, 3.05) is 19.8 Å². The van der Waals surface area contributed by atoms with Crippen LogP contribution in [0, 0.1) is 12.7 Å². The maximum Gasteiger partial charge on any atom is 0.400 e. The standard InChI is InChI=1S/C16H17F4N3OS/c1-10-7-11(17)13(8-14(10)25(24)9-16(18,19)20)22-15(23(2)3)12-5-4-6-21-12/h4-8,21H,9H2,1-3H3. The third kappa shape index (κ3) is 4.91. The molecule has 1 aromatic heterocycles. The fourth-order valence-corrected chi connectivity index (χ4v) is 3.30. The number of alkyl halides is 3. The lowest BCUT2D eigenvalue weighted by atomic mass is 10.2. The molecule has 0 spiro atoms. The van der Waals surface area contributed by atoms with Gasteiger partial charge in [0.25, 0.3) is 0 Å². The van der Waals surface area contributed by atoms with Gasteiger partial charge in [-0.2, -0.15) is 13.2 Å². The van der Waals surface area contributed by atoms with Gasteiger partial charge in [-0.15, -0.1) is 0 Å². The predicted molar refractivity (Wildman–Crippen MR) is 89.1 cm³/mol. The summed E-state index contributed by atoms with van der Waals surface area (Å²) < 4.78 is 63.7. The summed E-state index contributed by atoms with van der Waals surface area (Å²) in [6, 6.07) is 5.63. The summed E-state index contributed by atoms with van der Waals surface area (Å²) in [5.41, 5.74) is 0.627. The number of nitrogens with one attached hydrogen (secondary N) is 1. The van der Waals surface area contributed by atoms with E-state index >= 15 is 0 Å². The Morgan fingerprint density at radius 2 is 2.00 bits per heavy atom. The largest absolute Gasteiger partial charge is 0.400 e. The molecule has 9 heteroatoms. The van der Waals surface area contributed by atoms with Crippen LogP contribution in [0.25, 0.3) is 0 Å². The Hall–Kier alpha value is -2.16. The van der Waals surface area contributed by atoms with Crippen molar-refractivity contribution >= 4 is 22.3 Å². The molecule has 136 valence electrons. The molecule has 25 heavy (non-hydrogen) atoms. The zero-order valence-corrected chi connectivity index (χ0v) is 14.6. The first-order chi connectivity index (χ1) is 11.6. The minimum atomic E-state index is -4.58. The highest BCUT2D eigenvalue weighted by Gasteiger charge is 2.31. The molecule has 1 atom stereocenters. The summed E-state index contributed by atoms with van der Waals surface area (Å²) in [6.45, 7) is 1.41. The molecule has 0 fully saturated rings. The summed E-state index contributed by atoms with van der Waals surface area (Å²) >= 11 is 0. The van der Waals surface area contributed by atoms with E-state index in [1.165, 1.54) is 6.92 Å². The van der Waals surface area contributed by atoms with Gasteiger partial charge in [0.15, 0.2) is 5.84 Å². The molecule has 0 saturated heterocycles. The van der Waals surface area contributed by atoms with E-state index in [1.807, 2.05) is 0 Å². The third-order valence-electron chi connectivity index (χ3n) is 3.27. The molecule has 0 aliphatic carbocycles. The van der Waals surface area contributed by atoms with E-state index in [4.69, 9.17) is 0 Å². The molecule has 1 aromatic carbocycles. The second kappa shape index (κ2) is 7.38. The van der Waals surface area contributed by atoms with Gasteiger partial charge < -0.3 is 9.88 Å². The normalized spacial score (nSPS) is 13.8. The lowest BCUT2D eigenvalue weighted by Crippen LogP contribution is -2.23. The average molecular weight is 375 g/mol. The second-order valence-electron chi connectivity index (χ2n) is 5.59. The van der Waals surface area contributed by atoms with Crippen LogP contribution in [0.2, 0.25) is 0 Å². The highest BCUT2D eigenvalue weighted by Crippen LogP contribution is 2.28. The number of halogens is 4. The van der Waals surface area contributed by atoms with Gasteiger partial charge in [-0.3, -0.25) is 4.21 Å². The van der Waals surface area contributed by atoms with Crippen LogP contribution in [-0.4, -0.2) is 46.0 Å². The van der Waals surface area contributed by atoms with Crippen LogP contribution >= 0.6 is 0 Å². The summed E-state index contributed by atoms with van der Waals surface area (Å²) in [4.78, 5) is 8.69. The van der Waals surface area contributed by atoms with Crippen molar-refractivity contribution in [2.45, 2.75) is 18.0 Å². The first kappa shape index (κ1) is 19.2. The first-order valence-electron chi connectivity index (χ1n) is 7.23. The molecule has 0 aliphatic rings. The fraction of sp³-hybridized carbons (Fsp3) is 0.312. The van der Waals surface area contributed by atoms with Crippen molar-refractivity contribution in [1.29, 1.82) is 0 Å². The smallest absolute Gasteiger partial charge is 0.361 e. The number of benzene rings is 1. The van der Waals surface area contributed by atoms with Crippen LogP contribution in [0.4, 0.5) is 23.2 Å². The van der Waals surface area contributed by atoms with Gasteiger partial charge in [0, 0.05) is 25.2 Å². The number of amidine groups is 1. The molecular weight excluding hydrogens is 358 g/mol. The maximum atomic E-state index is 14.2. The highest BCUT2D eigenvalue weighted by atomic mass is 32.2. The van der Waals surface area contributed by atoms with Crippen LogP contribution in [0.15, 0.2) is 40.4 Å². The quantitative estimate of drug-likeness (QED) is 0.502. The SMILES string of the molecule is Cc1cc(F)c(N=C(c2ccc[nH]2)N(C)C)cc1S(=O)CC(F)(F)F. The van der Waals surface area contributed by atoms with Crippen molar-refractivity contribution in [2.24, 2.45) is 4.99 Å². The Labute approximate surface area is 145 Å². The van der Waals surface area contributed by atoms with E-state index in [9.17, 15) is 21.8 Å². The predicted octanol–water partition coefficient (Wildman–Crippen LogP) is 3.77. The van der Waals surface area contributed by atoms with Gasteiger partial charge in [-0.1, -0.05) is 0 Å². The summed E-state index contributed by atoms with van der Waals surface area (Å²) in [5.74, 6) is -1.80. The summed E-state index contributed by atoms with van der Waals surface area (Å²) in [7, 11) is 1.08. The zero-order chi connectivity index (χ0) is 18.8. The number of H-pyrrole nitrogens is 1. The second-order valence-corrected chi connectivity index (χ2v) is 7.01. The third-order valence-corrected chi connectivity index (χ3v) is 4.79. The summed E-state index contributed by atoms with van der Waals surface area (Å²) in [5, 5.41) is 0. The van der Waals surface area contributed by atoms with Crippen LogP contribution in [0.1, 0.15) is 11.3 Å². The lowest BCUT2D eigenvalue weighted by Gasteiger charge is -2.15. The number of nitrogens with zero attached hydrogens (tertiary/aromatic N) is 2. The number of hydrogen-bond acceptors (Lipinski definition) is 2. The van der Waals surface area contributed by atoms with Crippen molar-refractivity contribution in [3.05, 3.63) is 47.5 Å². The van der Waals surface area contributed by atoms with Crippen LogP contribution in [0.3, 0.4) is 0 Å². The molecule has 0 bridgehead atoms. The number of aromatic amines is 1. The molecule has 1 N–H and O–H groups in total. The zero-order valence-electron chi connectivity index (χ0n) is 13.8. The Morgan fingerprint density at radius 3 is 2.52 bits per heavy atom. The van der Waals surface area contributed by atoms with E-state index in [0.29, 0.717) is 11.5 Å². The van der Waals surface area contributed by atoms with Crippen molar-refractivity contribution in [3.8, 4) is 0 Å². The molecule has 2 rings (SSSR count). The van der Waals surface area contributed by atoms with E-state index in [-0.39, 0.29) is 16.1 Å². The first-order valence-corrected chi connectivity index (χ1v) is 8.55. The molecule has 4 nitrogen and oxygen atoms in total. The van der Waals surface area contributed by atoms with E-state index in [2.05, 4.69) is 9.98 Å². The number of aliphatic imine (C=N–C) groups is 1. The van der Waals surface area contributed by atoms with Crippen LogP contribution in [0.5, 0.6) is 0 Å². The maximum absolute atomic E-state index is 14.2. The highest BCUT2D eigenvalue weighted by molar-refractivity contribution is 7.85. The van der Waals surface area contributed by atoms with Gasteiger partial charge in [0.2, 0.25) is 0 Å². The number of rotatable bonds is 4. The van der Waals surface area contributed by atoms with Gasteiger partial charge in [-0.05, 0) is 36.8 Å². The van der Waals surface area contributed by atoms with E-state index in [0.717, 1.165) is 12.1 Å². The molecule has 2 aromatic rings. The fourth-order valence-electron chi connectivity index (χ4n) is 2.18. The Kier molecular flexibility index (Phi) is 5.66. The minimum Gasteiger partial charge on any atom is -0.361 e. The Morgan fingerprint density at radius 1 is 1.32 bits per heavy atom. The molecule has 0 radical (unpaired) electrons. The molecule has 0 saturated carbocycles. The van der Waals surface area contributed by atoms with Crippen molar-refractivity contribution in [1.82, 2.24) is 9.88 Å². The number of aryl methyl sites for hydroxylation is 1. The molecule has 1 heterocycles. The lowest BCUT2D eigenvalue weighted by molar-refractivity contribution is -0.105. The molecule has 0 amide bonds. The van der Waals surface area contributed by atoms with Gasteiger partial charge >= 0.3 is 6.18 Å². The number of aromatic nitrogens is 1. The van der Waals surface area contributed by atoms with Gasteiger partial charge in [-0.25, -0.2) is 9.38 Å². The van der Waals surface area contributed by atoms with Gasteiger partial charge in [0.1, 0.15) is 17.3 Å². The van der Waals surface area contributed by atoms with Crippen LogP contribution in [-0.2, 0) is 10.8 Å². The van der Waals surface area contributed by atoms with Crippen LogP contribution < -0.4 is 0 Å².